The van der Waals surface area contributed by atoms with Gasteiger partial charge in [0.1, 0.15) is 0 Å². The lowest BCUT2D eigenvalue weighted by molar-refractivity contribution is 0.0198. The summed E-state index contributed by atoms with van der Waals surface area (Å²) in [4.78, 5) is 2.47. The van der Waals surface area contributed by atoms with Gasteiger partial charge in [0, 0.05) is 26.7 Å². The van der Waals surface area contributed by atoms with E-state index in [0.29, 0.717) is 11.8 Å². The van der Waals surface area contributed by atoms with E-state index in [1.165, 1.54) is 19.3 Å². The van der Waals surface area contributed by atoms with Gasteiger partial charge in [-0.2, -0.15) is 0 Å². The van der Waals surface area contributed by atoms with Gasteiger partial charge in [0.2, 0.25) is 0 Å². The third-order valence-electron chi connectivity index (χ3n) is 4.36. The van der Waals surface area contributed by atoms with E-state index < -0.39 is 0 Å². The number of nitrogens with zero attached hydrogens (tertiary/aromatic N) is 1. The quantitative estimate of drug-likeness (QED) is 0.737. The van der Waals surface area contributed by atoms with Gasteiger partial charge in [-0.15, -0.1) is 0 Å². The van der Waals surface area contributed by atoms with Crippen molar-refractivity contribution in [3.8, 4) is 0 Å². The van der Waals surface area contributed by atoms with Crippen LogP contribution in [0.25, 0.3) is 0 Å². The van der Waals surface area contributed by atoms with Crippen LogP contribution in [0.15, 0.2) is 0 Å². The van der Waals surface area contributed by atoms with Crippen LogP contribution < -0.4 is 0 Å². The van der Waals surface area contributed by atoms with Gasteiger partial charge in [0.05, 0.1) is 12.7 Å². The molecule has 0 amide bonds. The second-order valence-corrected chi connectivity index (χ2v) is 6.56. The van der Waals surface area contributed by atoms with Gasteiger partial charge in [-0.25, -0.2) is 0 Å². The molecule has 3 unspecified atom stereocenters. The molecule has 1 aliphatic carbocycles. The highest BCUT2D eigenvalue weighted by Crippen LogP contribution is 2.31. The molecule has 0 spiro atoms. The van der Waals surface area contributed by atoms with Crippen molar-refractivity contribution < 1.29 is 9.84 Å². The van der Waals surface area contributed by atoms with Crippen molar-refractivity contribution >= 4 is 0 Å². The molecule has 3 atom stereocenters. The van der Waals surface area contributed by atoms with E-state index in [0.717, 1.165) is 38.6 Å². The number of methoxy groups -OCH3 is 1. The topological polar surface area (TPSA) is 32.7 Å². The highest BCUT2D eigenvalue weighted by atomic mass is 16.5. The predicted molar refractivity (Wildman–Crippen MR) is 80.3 cm³/mol. The van der Waals surface area contributed by atoms with Crippen LogP contribution in [0.2, 0.25) is 0 Å². The third kappa shape index (κ3) is 6.24. The molecule has 0 aromatic rings. The summed E-state index contributed by atoms with van der Waals surface area (Å²) < 4.78 is 5.21. The Bertz CT molecular complexity index is 233. The maximum absolute atomic E-state index is 10.2. The molecule has 3 nitrogen and oxygen atoms in total. The molecule has 1 fully saturated rings. The normalized spacial score (nSPS) is 28.3. The molecule has 0 bridgehead atoms. The first-order valence-corrected chi connectivity index (χ1v) is 7.96. The van der Waals surface area contributed by atoms with Crippen LogP contribution in [-0.4, -0.2) is 49.5 Å². The minimum absolute atomic E-state index is 0.0972. The molecule has 0 aromatic carbocycles. The summed E-state index contributed by atoms with van der Waals surface area (Å²) in [7, 11) is 1.76. The Balaban J connectivity index is 2.49. The number of ether oxygens (including phenoxy) is 1. The van der Waals surface area contributed by atoms with E-state index in [2.05, 4.69) is 25.7 Å². The molecule has 19 heavy (non-hydrogen) atoms. The number of hydrogen-bond donors (Lipinski definition) is 1. The van der Waals surface area contributed by atoms with Crippen molar-refractivity contribution in [3.05, 3.63) is 0 Å². The first kappa shape index (κ1) is 16.9. The molecule has 114 valence electrons. The minimum Gasteiger partial charge on any atom is -0.393 e. The minimum atomic E-state index is -0.0972. The van der Waals surface area contributed by atoms with E-state index in [1.807, 2.05) is 0 Å². The first-order chi connectivity index (χ1) is 9.06. The Morgan fingerprint density at radius 2 is 2.05 bits per heavy atom. The largest absolute Gasteiger partial charge is 0.393 e. The molecular formula is C16H33NO2. The van der Waals surface area contributed by atoms with Gasteiger partial charge >= 0.3 is 0 Å². The molecule has 1 rings (SSSR count). The maximum atomic E-state index is 10.2. The van der Waals surface area contributed by atoms with E-state index in [4.69, 9.17) is 4.74 Å². The van der Waals surface area contributed by atoms with Crippen molar-refractivity contribution in [1.29, 1.82) is 0 Å². The van der Waals surface area contributed by atoms with Crippen molar-refractivity contribution in [1.82, 2.24) is 4.90 Å². The summed E-state index contributed by atoms with van der Waals surface area (Å²) in [5, 5.41) is 10.2. The molecular weight excluding hydrogens is 238 g/mol. The average Bonchev–Trinajstić information content (AvgIpc) is 2.37. The SMILES string of the molecule is CCC1CCC(O)C(CN(CCOC)CC(C)C)C1. The number of hydrogen-bond acceptors (Lipinski definition) is 3. The van der Waals surface area contributed by atoms with Crippen LogP contribution >= 0.6 is 0 Å². The van der Waals surface area contributed by atoms with Crippen LogP contribution in [0.4, 0.5) is 0 Å². The van der Waals surface area contributed by atoms with Gasteiger partial charge in [-0.05, 0) is 37.0 Å². The van der Waals surface area contributed by atoms with Crippen LogP contribution in [0, 0.1) is 17.8 Å². The summed E-state index contributed by atoms with van der Waals surface area (Å²) in [5.74, 6) is 1.94. The van der Waals surface area contributed by atoms with Crippen molar-refractivity contribution in [3.63, 3.8) is 0 Å². The highest BCUT2D eigenvalue weighted by Gasteiger charge is 2.29. The van der Waals surface area contributed by atoms with E-state index in [9.17, 15) is 5.11 Å². The molecule has 0 saturated heterocycles. The van der Waals surface area contributed by atoms with Gasteiger partial charge in [0.25, 0.3) is 0 Å². The van der Waals surface area contributed by atoms with Gasteiger partial charge in [-0.1, -0.05) is 27.2 Å². The number of aliphatic hydroxyl groups is 1. The maximum Gasteiger partial charge on any atom is 0.0589 e. The Morgan fingerprint density at radius 3 is 2.63 bits per heavy atom. The van der Waals surface area contributed by atoms with Crippen molar-refractivity contribution in [2.45, 2.75) is 52.6 Å². The Morgan fingerprint density at radius 1 is 1.32 bits per heavy atom. The van der Waals surface area contributed by atoms with Gasteiger partial charge in [-0.3, -0.25) is 0 Å². The summed E-state index contributed by atoms with van der Waals surface area (Å²) in [6, 6.07) is 0. The lowest BCUT2D eigenvalue weighted by Gasteiger charge is -2.37. The van der Waals surface area contributed by atoms with E-state index in [-0.39, 0.29) is 6.10 Å². The second kappa shape index (κ2) is 8.93. The Labute approximate surface area is 119 Å². The fourth-order valence-electron chi connectivity index (χ4n) is 3.24. The monoisotopic (exact) mass is 271 g/mol. The van der Waals surface area contributed by atoms with E-state index in [1.54, 1.807) is 7.11 Å². The standard InChI is InChI=1S/C16H33NO2/c1-5-14-6-7-16(18)15(10-14)12-17(8-9-19-4)11-13(2)3/h13-16,18H,5-12H2,1-4H3. The Hall–Kier alpha value is -0.120. The van der Waals surface area contributed by atoms with Gasteiger partial charge < -0.3 is 14.7 Å². The zero-order valence-electron chi connectivity index (χ0n) is 13.3. The summed E-state index contributed by atoms with van der Waals surface area (Å²) in [5.41, 5.74) is 0. The molecule has 1 aliphatic rings. The lowest BCUT2D eigenvalue weighted by atomic mass is 9.78. The van der Waals surface area contributed by atoms with Crippen LogP contribution in [0.3, 0.4) is 0 Å². The average molecular weight is 271 g/mol. The Kier molecular flexibility index (Phi) is 7.96. The molecule has 0 aliphatic heterocycles. The first-order valence-electron chi connectivity index (χ1n) is 7.96. The fraction of sp³-hybridized carbons (Fsp3) is 1.00. The third-order valence-corrected chi connectivity index (χ3v) is 4.36. The predicted octanol–water partition coefficient (Wildman–Crippen LogP) is 2.78. The summed E-state index contributed by atoms with van der Waals surface area (Å²) in [6.45, 7) is 10.7. The number of rotatable bonds is 8. The summed E-state index contributed by atoms with van der Waals surface area (Å²) >= 11 is 0. The zero-order chi connectivity index (χ0) is 14.3. The van der Waals surface area contributed by atoms with Crippen molar-refractivity contribution in [2.75, 3.05) is 33.4 Å². The van der Waals surface area contributed by atoms with Crippen LogP contribution in [-0.2, 0) is 4.74 Å². The molecule has 3 heteroatoms. The van der Waals surface area contributed by atoms with Crippen molar-refractivity contribution in [2.24, 2.45) is 17.8 Å². The molecule has 0 heterocycles. The second-order valence-electron chi connectivity index (χ2n) is 6.56. The van der Waals surface area contributed by atoms with Crippen LogP contribution in [0.1, 0.15) is 46.5 Å². The molecule has 0 radical (unpaired) electrons. The molecule has 1 saturated carbocycles. The van der Waals surface area contributed by atoms with E-state index >= 15 is 0 Å². The smallest absolute Gasteiger partial charge is 0.0589 e. The molecule has 1 N–H and O–H groups in total. The van der Waals surface area contributed by atoms with Gasteiger partial charge in [0.15, 0.2) is 0 Å². The van der Waals surface area contributed by atoms with Crippen LogP contribution in [0.5, 0.6) is 0 Å². The summed E-state index contributed by atoms with van der Waals surface area (Å²) in [6.07, 6.45) is 4.55. The lowest BCUT2D eigenvalue weighted by Crippen LogP contribution is -2.41. The fourth-order valence-corrected chi connectivity index (χ4v) is 3.24. The molecule has 0 aromatic heterocycles. The highest BCUT2D eigenvalue weighted by molar-refractivity contribution is 4.82. The number of aliphatic hydroxyl groups excluding tert-OH is 1. The zero-order valence-corrected chi connectivity index (χ0v) is 13.3.